The summed E-state index contributed by atoms with van der Waals surface area (Å²) in [5.41, 5.74) is 22.8. The van der Waals surface area contributed by atoms with E-state index in [9.17, 15) is 0 Å². The number of rotatable bonds is 8. The lowest BCUT2D eigenvalue weighted by molar-refractivity contribution is 0.922. The molecule has 308 valence electrons. The first-order valence-corrected chi connectivity index (χ1v) is 22.4. The molecule has 5 aromatic carbocycles. The topological polar surface area (TPSA) is 27.7 Å². The highest BCUT2D eigenvalue weighted by atomic mass is 15.0. The Morgan fingerprint density at radius 3 is 1.61 bits per heavy atom. The minimum absolute atomic E-state index is 1.08. The van der Waals surface area contributed by atoms with Crippen LogP contribution in [-0.2, 0) is 12.8 Å². The summed E-state index contributed by atoms with van der Waals surface area (Å²) >= 11 is 0. The standard InChI is InChI=1S/C60H48N4/c1-5-7-21-56-41(4)40(3)55(16-6-2)63(56)49-35-45(36-50(37-49)64-59-24-14-10-19-53(59)54-20-11-15-25-60(54)64)42-26-28-43(29-27-42)46-34-47(39-61-38-46)44-30-32-48(33-31-44)62-57-22-12-8-17-51(57)52-18-9-13-23-58(52)62/h1,6-9,12-18,21-39H,10-11,19-20H2,2-4H3/b16-6-,21-7-. The summed E-state index contributed by atoms with van der Waals surface area (Å²) in [6.45, 7) is 6.48. The van der Waals surface area contributed by atoms with Gasteiger partial charge in [0.25, 0.3) is 0 Å². The molecule has 9 aromatic rings. The highest BCUT2D eigenvalue weighted by Crippen LogP contribution is 2.40. The number of allylic oxidation sites excluding steroid dienone is 4. The number of fused-ring (bicyclic) bond motifs is 6. The van der Waals surface area contributed by atoms with E-state index in [0.29, 0.717) is 0 Å². The van der Waals surface area contributed by atoms with Crippen LogP contribution in [0, 0.1) is 26.2 Å². The average Bonchev–Trinajstić information content (AvgIpc) is 3.95. The number of benzene rings is 5. The van der Waals surface area contributed by atoms with Gasteiger partial charge in [0.1, 0.15) is 0 Å². The van der Waals surface area contributed by atoms with Crippen molar-refractivity contribution in [3.63, 3.8) is 0 Å². The molecule has 2 aliphatic carbocycles. The van der Waals surface area contributed by atoms with Gasteiger partial charge >= 0.3 is 0 Å². The molecule has 0 saturated carbocycles. The van der Waals surface area contributed by atoms with Crippen LogP contribution < -0.4 is 0 Å². The second-order valence-electron chi connectivity index (χ2n) is 17.0. The van der Waals surface area contributed by atoms with Crippen LogP contribution in [0.5, 0.6) is 0 Å². The maximum absolute atomic E-state index is 5.80. The zero-order chi connectivity index (χ0) is 43.3. The number of nitrogens with zero attached hydrogens (tertiary/aromatic N) is 4. The lowest BCUT2D eigenvalue weighted by Crippen LogP contribution is -2.06. The predicted octanol–water partition coefficient (Wildman–Crippen LogP) is 15.0. The van der Waals surface area contributed by atoms with Crippen LogP contribution in [-0.4, -0.2) is 18.7 Å². The van der Waals surface area contributed by atoms with Crippen LogP contribution in [0.1, 0.15) is 64.8 Å². The fourth-order valence-electron chi connectivity index (χ4n) is 10.2. The molecule has 0 atom stereocenters. The molecule has 4 aromatic heterocycles. The lowest BCUT2D eigenvalue weighted by Gasteiger charge is -2.19. The van der Waals surface area contributed by atoms with Crippen molar-refractivity contribution >= 4 is 46.1 Å². The van der Waals surface area contributed by atoms with Crippen molar-refractivity contribution in [1.29, 1.82) is 0 Å². The molecule has 0 saturated heterocycles. The Balaban J connectivity index is 0.988. The molecule has 0 N–H and O–H groups in total. The molecule has 0 radical (unpaired) electrons. The zero-order valence-electron chi connectivity index (χ0n) is 36.5. The zero-order valence-corrected chi connectivity index (χ0v) is 36.5. The SMILES string of the molecule is C#C/C=C\c1c(C)c(C)c(/C=C\C)n1-c1cc(-c2ccc(-c3cncc(-c4ccc(-n5c6ccccc6c6ccccc65)cc4)c3)cc2)cc(-n2c3c(c4c2C=CCC4)CCC=C3)c1. The molecular formula is C60H48N4. The molecule has 0 amide bonds. The molecule has 0 spiro atoms. The highest BCUT2D eigenvalue weighted by Gasteiger charge is 2.25. The number of aromatic nitrogens is 4. The number of para-hydroxylation sites is 2. The van der Waals surface area contributed by atoms with E-state index in [-0.39, 0.29) is 0 Å². The van der Waals surface area contributed by atoms with Crippen LogP contribution in [0.4, 0.5) is 0 Å². The predicted molar refractivity (Wildman–Crippen MR) is 270 cm³/mol. The molecule has 4 nitrogen and oxygen atoms in total. The molecule has 64 heavy (non-hydrogen) atoms. The summed E-state index contributed by atoms with van der Waals surface area (Å²) in [6, 6.07) is 44.4. The molecule has 0 aliphatic heterocycles. The molecule has 11 rings (SSSR count). The third-order valence-electron chi connectivity index (χ3n) is 13.4. The van der Waals surface area contributed by atoms with E-state index in [2.05, 4.69) is 204 Å². The second-order valence-corrected chi connectivity index (χ2v) is 17.0. The van der Waals surface area contributed by atoms with Gasteiger partial charge in [-0.2, -0.15) is 0 Å². The first-order valence-electron chi connectivity index (χ1n) is 22.4. The molecule has 2 aliphatic rings. The monoisotopic (exact) mass is 824 g/mol. The first-order chi connectivity index (χ1) is 31.5. The van der Waals surface area contributed by atoms with Gasteiger partial charge in [0.15, 0.2) is 0 Å². The fraction of sp³-hybridized carbons (Fsp3) is 0.117. The van der Waals surface area contributed by atoms with Gasteiger partial charge < -0.3 is 13.7 Å². The number of terminal acetylenes is 1. The van der Waals surface area contributed by atoms with Gasteiger partial charge in [-0.1, -0.05) is 96.9 Å². The van der Waals surface area contributed by atoms with Gasteiger partial charge in [-0.05, 0) is 170 Å². The van der Waals surface area contributed by atoms with Gasteiger partial charge in [0.2, 0.25) is 0 Å². The molecule has 0 unspecified atom stereocenters. The lowest BCUT2D eigenvalue weighted by atomic mass is 9.94. The van der Waals surface area contributed by atoms with Gasteiger partial charge in [-0.3, -0.25) is 4.98 Å². The summed E-state index contributed by atoms with van der Waals surface area (Å²) in [7, 11) is 0. The van der Waals surface area contributed by atoms with Crippen molar-refractivity contribution in [3.05, 3.63) is 203 Å². The van der Waals surface area contributed by atoms with Crippen molar-refractivity contribution < 1.29 is 0 Å². The van der Waals surface area contributed by atoms with Crippen molar-refractivity contribution in [1.82, 2.24) is 18.7 Å². The van der Waals surface area contributed by atoms with Crippen LogP contribution in [0.2, 0.25) is 0 Å². The van der Waals surface area contributed by atoms with E-state index >= 15 is 0 Å². The smallest absolute Gasteiger partial charge is 0.0541 e. The van der Waals surface area contributed by atoms with Crippen LogP contribution in [0.3, 0.4) is 0 Å². The Hall–Kier alpha value is -7.87. The third-order valence-corrected chi connectivity index (χ3v) is 13.4. The fourth-order valence-corrected chi connectivity index (χ4v) is 10.2. The molecule has 4 heterocycles. The van der Waals surface area contributed by atoms with E-state index in [4.69, 9.17) is 11.4 Å². The summed E-state index contributed by atoms with van der Waals surface area (Å²) in [5, 5.41) is 2.52. The van der Waals surface area contributed by atoms with E-state index in [0.717, 1.165) is 87.5 Å². The number of pyridine rings is 1. The summed E-state index contributed by atoms with van der Waals surface area (Å²) in [6.07, 6.45) is 31.6. The molecule has 0 bridgehead atoms. The van der Waals surface area contributed by atoms with E-state index in [1.54, 1.807) is 6.08 Å². The maximum atomic E-state index is 5.80. The Morgan fingerprint density at radius 2 is 1.05 bits per heavy atom. The van der Waals surface area contributed by atoms with Crippen molar-refractivity contribution in [2.24, 2.45) is 0 Å². The largest absolute Gasteiger partial charge is 0.310 e. The normalized spacial score (nSPS) is 13.3. The minimum atomic E-state index is 1.08. The van der Waals surface area contributed by atoms with Crippen LogP contribution >= 0.6 is 0 Å². The van der Waals surface area contributed by atoms with E-state index < -0.39 is 0 Å². The quantitative estimate of drug-likeness (QED) is 0.140. The molecular weight excluding hydrogens is 777 g/mol. The highest BCUT2D eigenvalue weighted by molar-refractivity contribution is 6.09. The van der Waals surface area contributed by atoms with Crippen molar-refractivity contribution in [2.45, 2.75) is 46.5 Å². The maximum Gasteiger partial charge on any atom is 0.0541 e. The van der Waals surface area contributed by atoms with Gasteiger partial charge in [0.05, 0.1) is 16.7 Å². The molecule has 0 fully saturated rings. The van der Waals surface area contributed by atoms with Gasteiger partial charge in [-0.25, -0.2) is 0 Å². The first kappa shape index (κ1) is 39.0. The van der Waals surface area contributed by atoms with Crippen LogP contribution in [0.25, 0.3) is 96.6 Å². The Kier molecular flexibility index (Phi) is 9.82. The number of hydrogen-bond acceptors (Lipinski definition) is 1. The Bertz CT molecular complexity index is 3360. The van der Waals surface area contributed by atoms with E-state index in [1.807, 2.05) is 12.4 Å². The van der Waals surface area contributed by atoms with Crippen molar-refractivity contribution in [3.8, 4) is 62.8 Å². The second kappa shape index (κ2) is 16.1. The molecule has 4 heteroatoms. The third kappa shape index (κ3) is 6.52. The van der Waals surface area contributed by atoms with E-state index in [1.165, 1.54) is 55.4 Å². The number of hydrogen-bond donors (Lipinski definition) is 0. The van der Waals surface area contributed by atoms with Crippen LogP contribution in [0.15, 0.2) is 158 Å². The summed E-state index contributed by atoms with van der Waals surface area (Å²) in [4.78, 5) is 4.74. The summed E-state index contributed by atoms with van der Waals surface area (Å²) < 4.78 is 7.23. The van der Waals surface area contributed by atoms with Crippen molar-refractivity contribution in [2.75, 3.05) is 0 Å². The Labute approximate surface area is 375 Å². The summed E-state index contributed by atoms with van der Waals surface area (Å²) in [5.74, 6) is 2.73. The minimum Gasteiger partial charge on any atom is -0.310 e. The average molecular weight is 825 g/mol. The van der Waals surface area contributed by atoms with Gasteiger partial charge in [-0.15, -0.1) is 6.42 Å². The Morgan fingerprint density at radius 1 is 0.531 bits per heavy atom. The van der Waals surface area contributed by atoms with Gasteiger partial charge in [0, 0.05) is 68.4 Å².